The van der Waals surface area contributed by atoms with E-state index >= 15 is 0 Å². The van der Waals surface area contributed by atoms with Crippen molar-refractivity contribution in [1.29, 1.82) is 0 Å². The van der Waals surface area contributed by atoms with Gasteiger partial charge in [-0.15, -0.1) is 0 Å². The summed E-state index contributed by atoms with van der Waals surface area (Å²) in [5.74, 6) is -0.418. The first-order chi connectivity index (χ1) is 9.58. The molecule has 7 heteroatoms. The summed E-state index contributed by atoms with van der Waals surface area (Å²) in [5.41, 5.74) is 0.938. The van der Waals surface area contributed by atoms with E-state index in [-0.39, 0.29) is 12.2 Å². The molecule has 108 valence electrons. The summed E-state index contributed by atoms with van der Waals surface area (Å²) < 4.78 is 9.72. The molecule has 0 amide bonds. The van der Waals surface area contributed by atoms with Crippen molar-refractivity contribution in [3.63, 3.8) is 0 Å². The maximum atomic E-state index is 12.0. The molecule has 2 rings (SSSR count). The van der Waals surface area contributed by atoms with E-state index in [4.69, 9.17) is 4.74 Å². The zero-order valence-corrected chi connectivity index (χ0v) is 11.9. The fourth-order valence-corrected chi connectivity index (χ4v) is 2.01. The van der Waals surface area contributed by atoms with E-state index in [1.165, 1.54) is 6.20 Å². The minimum absolute atomic E-state index is 0.108. The van der Waals surface area contributed by atoms with Crippen LogP contribution in [0.25, 0.3) is 0 Å². The van der Waals surface area contributed by atoms with Gasteiger partial charge in [-0.3, -0.25) is 13.8 Å². The minimum Gasteiger partial charge on any atom is -0.462 e. The molecule has 0 atom stereocenters. The van der Waals surface area contributed by atoms with Crippen LogP contribution in [0.3, 0.4) is 0 Å². The monoisotopic (exact) mass is 278 g/mol. The molecule has 0 radical (unpaired) electrons. The van der Waals surface area contributed by atoms with Gasteiger partial charge in [0.1, 0.15) is 5.56 Å². The molecule has 0 unspecified atom stereocenters. The van der Waals surface area contributed by atoms with E-state index in [0.29, 0.717) is 24.4 Å². The van der Waals surface area contributed by atoms with E-state index in [1.54, 1.807) is 40.2 Å². The van der Waals surface area contributed by atoms with Gasteiger partial charge in [-0.05, 0) is 13.8 Å². The number of esters is 1. The summed E-state index contributed by atoms with van der Waals surface area (Å²) in [5, 5.41) is 4.07. The highest BCUT2D eigenvalue weighted by molar-refractivity contribution is 5.90. The molecule has 20 heavy (non-hydrogen) atoms. The Morgan fingerprint density at radius 3 is 2.60 bits per heavy atom. The van der Waals surface area contributed by atoms with E-state index < -0.39 is 5.97 Å². The summed E-state index contributed by atoms with van der Waals surface area (Å²) in [6.45, 7) is 4.86. The van der Waals surface area contributed by atoms with Crippen LogP contribution in [-0.4, -0.2) is 31.5 Å². The van der Waals surface area contributed by atoms with Crippen LogP contribution >= 0.6 is 0 Å². The molecule has 0 saturated heterocycles. The predicted octanol–water partition coefficient (Wildman–Crippen LogP) is 0.628. The van der Waals surface area contributed by atoms with Crippen LogP contribution < -0.4 is 5.69 Å². The molecular formula is C13H18N4O3. The lowest BCUT2D eigenvalue weighted by molar-refractivity contribution is 0.0524. The highest BCUT2D eigenvalue weighted by Gasteiger charge is 2.18. The molecule has 0 bridgehead atoms. The third kappa shape index (κ3) is 2.52. The fraction of sp³-hybridized carbons (Fsp3) is 0.462. The number of ether oxygens (including phenoxy) is 1. The molecule has 0 aliphatic carbocycles. The van der Waals surface area contributed by atoms with Gasteiger partial charge in [0.05, 0.1) is 25.0 Å². The standard InChI is InChI=1S/C13H18N4O3/c1-4-16-6-7-17(13(16)19)9-11-10(8-14-15(11)3)12(18)20-5-2/h6-8H,4-5,9H2,1-3H3. The summed E-state index contributed by atoms with van der Waals surface area (Å²) in [7, 11) is 1.74. The van der Waals surface area contributed by atoms with Crippen molar-refractivity contribution in [3.05, 3.63) is 40.3 Å². The number of carbonyl (C=O) groups is 1. The SMILES string of the molecule is CCOC(=O)c1cnn(C)c1Cn1ccn(CC)c1=O. The van der Waals surface area contributed by atoms with Crippen LogP contribution in [0.1, 0.15) is 29.9 Å². The highest BCUT2D eigenvalue weighted by Crippen LogP contribution is 2.10. The zero-order chi connectivity index (χ0) is 14.7. The van der Waals surface area contributed by atoms with Gasteiger partial charge >= 0.3 is 11.7 Å². The summed E-state index contributed by atoms with van der Waals surface area (Å²) in [6, 6.07) is 0. The van der Waals surface area contributed by atoms with Gasteiger partial charge in [0.15, 0.2) is 0 Å². The molecule has 7 nitrogen and oxygen atoms in total. The number of nitrogens with zero attached hydrogens (tertiary/aromatic N) is 4. The van der Waals surface area contributed by atoms with Crippen molar-refractivity contribution in [3.8, 4) is 0 Å². The average molecular weight is 278 g/mol. The second kappa shape index (κ2) is 5.77. The Morgan fingerprint density at radius 1 is 1.30 bits per heavy atom. The summed E-state index contributed by atoms with van der Waals surface area (Å²) in [4.78, 5) is 23.9. The maximum absolute atomic E-state index is 12.0. The average Bonchev–Trinajstić information content (AvgIpc) is 2.96. The molecule has 0 saturated carbocycles. The number of hydrogen-bond donors (Lipinski definition) is 0. The van der Waals surface area contributed by atoms with Crippen molar-refractivity contribution >= 4 is 5.97 Å². The molecule has 2 aromatic heterocycles. The first-order valence-electron chi connectivity index (χ1n) is 6.52. The van der Waals surface area contributed by atoms with E-state index in [2.05, 4.69) is 5.10 Å². The molecular weight excluding hydrogens is 260 g/mol. The van der Waals surface area contributed by atoms with Crippen molar-refractivity contribution in [2.24, 2.45) is 7.05 Å². The van der Waals surface area contributed by atoms with Crippen LogP contribution in [0.2, 0.25) is 0 Å². The zero-order valence-electron chi connectivity index (χ0n) is 11.9. The molecule has 0 spiro atoms. The fourth-order valence-electron chi connectivity index (χ4n) is 2.01. The lowest BCUT2D eigenvalue weighted by Crippen LogP contribution is -2.25. The molecule has 0 aliphatic heterocycles. The molecule has 2 aromatic rings. The number of rotatable bonds is 5. The largest absolute Gasteiger partial charge is 0.462 e. The Hall–Kier alpha value is -2.31. The summed E-state index contributed by atoms with van der Waals surface area (Å²) in [6.07, 6.45) is 4.89. The second-order valence-corrected chi connectivity index (χ2v) is 4.34. The topological polar surface area (TPSA) is 71.0 Å². The maximum Gasteiger partial charge on any atom is 0.341 e. The van der Waals surface area contributed by atoms with Gasteiger partial charge in [-0.1, -0.05) is 0 Å². The van der Waals surface area contributed by atoms with Gasteiger partial charge in [0.25, 0.3) is 0 Å². The Kier molecular flexibility index (Phi) is 4.07. The van der Waals surface area contributed by atoms with Crippen LogP contribution in [0.5, 0.6) is 0 Å². The number of carbonyl (C=O) groups excluding carboxylic acids is 1. The smallest absolute Gasteiger partial charge is 0.341 e. The van der Waals surface area contributed by atoms with Crippen molar-refractivity contribution in [2.75, 3.05) is 6.61 Å². The van der Waals surface area contributed by atoms with Crippen LogP contribution in [-0.2, 0) is 24.9 Å². The Labute approximate surface area is 116 Å². The Balaban J connectivity index is 2.33. The molecule has 0 fully saturated rings. The third-order valence-corrected chi connectivity index (χ3v) is 3.14. The molecule has 0 aromatic carbocycles. The van der Waals surface area contributed by atoms with Gasteiger partial charge in [0.2, 0.25) is 0 Å². The highest BCUT2D eigenvalue weighted by atomic mass is 16.5. The van der Waals surface area contributed by atoms with E-state index in [1.807, 2.05) is 6.92 Å². The normalized spacial score (nSPS) is 10.8. The number of imidazole rings is 1. The second-order valence-electron chi connectivity index (χ2n) is 4.34. The molecule has 2 heterocycles. The predicted molar refractivity (Wildman–Crippen MR) is 72.6 cm³/mol. The van der Waals surface area contributed by atoms with E-state index in [9.17, 15) is 9.59 Å². The third-order valence-electron chi connectivity index (χ3n) is 3.14. The minimum atomic E-state index is -0.418. The lowest BCUT2D eigenvalue weighted by atomic mass is 10.2. The van der Waals surface area contributed by atoms with Crippen molar-refractivity contribution in [2.45, 2.75) is 26.9 Å². The van der Waals surface area contributed by atoms with Gasteiger partial charge in [0, 0.05) is 26.0 Å². The van der Waals surface area contributed by atoms with Crippen LogP contribution in [0, 0.1) is 0 Å². The molecule has 0 aliphatic rings. The van der Waals surface area contributed by atoms with Gasteiger partial charge in [-0.2, -0.15) is 5.10 Å². The van der Waals surface area contributed by atoms with Gasteiger partial charge in [-0.25, -0.2) is 9.59 Å². The molecule has 0 N–H and O–H groups in total. The Morgan fingerprint density at radius 2 is 2.00 bits per heavy atom. The first-order valence-corrected chi connectivity index (χ1v) is 6.52. The number of aryl methyl sites for hydroxylation is 2. The van der Waals surface area contributed by atoms with E-state index in [0.717, 1.165) is 0 Å². The Bertz CT molecular complexity index is 665. The van der Waals surface area contributed by atoms with Crippen LogP contribution in [0.15, 0.2) is 23.4 Å². The van der Waals surface area contributed by atoms with Crippen molar-refractivity contribution < 1.29 is 9.53 Å². The van der Waals surface area contributed by atoms with Gasteiger partial charge < -0.3 is 4.74 Å². The van der Waals surface area contributed by atoms with Crippen molar-refractivity contribution in [1.82, 2.24) is 18.9 Å². The summed E-state index contributed by atoms with van der Waals surface area (Å²) >= 11 is 0. The van der Waals surface area contributed by atoms with Crippen LogP contribution in [0.4, 0.5) is 0 Å². The quantitative estimate of drug-likeness (QED) is 0.752. The first kappa shape index (κ1) is 14.1. The lowest BCUT2D eigenvalue weighted by Gasteiger charge is -2.06. The number of aromatic nitrogens is 4. The number of hydrogen-bond acceptors (Lipinski definition) is 4.